The second-order valence-corrected chi connectivity index (χ2v) is 8.94. The molecular formula is C27H27F2N5O2. The Morgan fingerprint density at radius 1 is 0.972 bits per heavy atom. The third-order valence-electron chi connectivity index (χ3n) is 6.52. The standard InChI is InChI=1S/C27H27F2N5O2/c1-32-9-11-33(12-10-32)25-6-4-3-5-23(25)27(35)31-34-24-8-7-18(13-20(24)17-30-34)26(36-2)19-14-21(28)16-22(29)15-19/h3-8,13-17,26H,9-12H2,1-2H3,(H,31,35). The maximum atomic E-state index is 13.8. The highest BCUT2D eigenvalue weighted by molar-refractivity contribution is 6.05. The summed E-state index contributed by atoms with van der Waals surface area (Å²) in [7, 11) is 3.58. The van der Waals surface area contributed by atoms with E-state index in [2.05, 4.69) is 27.4 Å². The number of nitrogens with one attached hydrogen (secondary N) is 1. The topological polar surface area (TPSA) is 62.6 Å². The maximum Gasteiger partial charge on any atom is 0.273 e. The molecule has 1 aliphatic heterocycles. The molecule has 5 rings (SSSR count). The molecule has 1 aromatic heterocycles. The second-order valence-electron chi connectivity index (χ2n) is 8.94. The molecule has 186 valence electrons. The van der Waals surface area contributed by atoms with Crippen molar-refractivity contribution >= 4 is 22.5 Å². The van der Waals surface area contributed by atoms with Gasteiger partial charge in [0.15, 0.2) is 0 Å². The van der Waals surface area contributed by atoms with Gasteiger partial charge in [-0.25, -0.2) is 14.2 Å². The molecule has 0 radical (unpaired) electrons. The van der Waals surface area contributed by atoms with E-state index in [4.69, 9.17) is 4.74 Å². The number of methoxy groups -OCH3 is 1. The molecule has 1 N–H and O–H groups in total. The lowest BCUT2D eigenvalue weighted by molar-refractivity contribution is 0.101. The molecule has 1 amide bonds. The van der Waals surface area contributed by atoms with Crippen molar-refractivity contribution in [2.24, 2.45) is 0 Å². The van der Waals surface area contributed by atoms with Crippen molar-refractivity contribution in [1.82, 2.24) is 14.8 Å². The number of amides is 1. The molecule has 3 aromatic carbocycles. The van der Waals surface area contributed by atoms with E-state index < -0.39 is 17.7 Å². The Hall–Kier alpha value is -3.82. The largest absolute Gasteiger partial charge is 0.372 e. The van der Waals surface area contributed by atoms with Crippen molar-refractivity contribution in [3.63, 3.8) is 0 Å². The molecule has 1 unspecified atom stereocenters. The molecule has 0 saturated carbocycles. The van der Waals surface area contributed by atoms with Gasteiger partial charge in [-0.05, 0) is 54.6 Å². The van der Waals surface area contributed by atoms with E-state index >= 15 is 0 Å². The van der Waals surface area contributed by atoms with Gasteiger partial charge in [0.05, 0.1) is 17.3 Å². The van der Waals surface area contributed by atoms with Gasteiger partial charge >= 0.3 is 0 Å². The minimum atomic E-state index is -0.666. The first-order valence-corrected chi connectivity index (χ1v) is 11.7. The number of carbonyl (C=O) groups is 1. The SMILES string of the molecule is COC(c1cc(F)cc(F)c1)c1ccc2c(cnn2NC(=O)c2ccccc2N2CCN(C)CC2)c1. The molecule has 7 nitrogen and oxygen atoms in total. The number of ether oxygens (including phenoxy) is 1. The Balaban J connectivity index is 1.39. The highest BCUT2D eigenvalue weighted by atomic mass is 19.1. The number of carbonyl (C=O) groups excluding carboxylic acids is 1. The molecule has 1 fully saturated rings. The summed E-state index contributed by atoms with van der Waals surface area (Å²) >= 11 is 0. The monoisotopic (exact) mass is 491 g/mol. The summed E-state index contributed by atoms with van der Waals surface area (Å²) in [6.45, 7) is 3.58. The first-order chi connectivity index (χ1) is 17.4. The third-order valence-corrected chi connectivity index (χ3v) is 6.52. The molecular weight excluding hydrogens is 464 g/mol. The minimum absolute atomic E-state index is 0.261. The van der Waals surface area contributed by atoms with Crippen LogP contribution in [0.1, 0.15) is 27.6 Å². The maximum absolute atomic E-state index is 13.8. The number of aromatic nitrogens is 2. The highest BCUT2D eigenvalue weighted by Gasteiger charge is 2.21. The minimum Gasteiger partial charge on any atom is -0.372 e. The third kappa shape index (κ3) is 4.80. The van der Waals surface area contributed by atoms with E-state index in [-0.39, 0.29) is 5.91 Å². The van der Waals surface area contributed by atoms with E-state index in [0.29, 0.717) is 22.2 Å². The summed E-state index contributed by atoms with van der Waals surface area (Å²) < 4.78 is 33.1. The van der Waals surface area contributed by atoms with Crippen LogP contribution in [-0.4, -0.2) is 61.0 Å². The number of nitrogens with zero attached hydrogens (tertiary/aromatic N) is 4. The fourth-order valence-corrected chi connectivity index (χ4v) is 4.64. The zero-order valence-electron chi connectivity index (χ0n) is 20.1. The summed E-state index contributed by atoms with van der Waals surface area (Å²) in [5.41, 5.74) is 6.12. The normalized spacial score (nSPS) is 15.3. The van der Waals surface area contributed by atoms with Crippen LogP contribution < -0.4 is 10.3 Å². The van der Waals surface area contributed by atoms with Gasteiger partial charge in [0.25, 0.3) is 5.91 Å². The number of hydrogen-bond acceptors (Lipinski definition) is 5. The summed E-state index contributed by atoms with van der Waals surface area (Å²) in [5, 5.41) is 5.09. The van der Waals surface area contributed by atoms with Crippen molar-refractivity contribution in [3.8, 4) is 0 Å². The molecule has 1 atom stereocenters. The lowest BCUT2D eigenvalue weighted by Crippen LogP contribution is -2.45. The van der Waals surface area contributed by atoms with Gasteiger partial charge < -0.3 is 14.5 Å². The average molecular weight is 492 g/mol. The van der Waals surface area contributed by atoms with Crippen molar-refractivity contribution < 1.29 is 18.3 Å². The van der Waals surface area contributed by atoms with Gasteiger partial charge in [-0.15, -0.1) is 0 Å². The molecule has 2 heterocycles. The second kappa shape index (κ2) is 10.0. The molecule has 9 heteroatoms. The highest BCUT2D eigenvalue weighted by Crippen LogP contribution is 2.29. The number of anilines is 1. The molecule has 36 heavy (non-hydrogen) atoms. The Kier molecular flexibility index (Phi) is 6.67. The summed E-state index contributed by atoms with van der Waals surface area (Å²) in [6.07, 6.45) is 0.970. The van der Waals surface area contributed by atoms with Crippen LogP contribution in [-0.2, 0) is 4.74 Å². The smallest absolute Gasteiger partial charge is 0.273 e. The number of benzene rings is 3. The van der Waals surface area contributed by atoms with E-state index in [1.807, 2.05) is 30.3 Å². The number of rotatable bonds is 6. The molecule has 0 aliphatic carbocycles. The van der Waals surface area contributed by atoms with Crippen LogP contribution in [0.5, 0.6) is 0 Å². The van der Waals surface area contributed by atoms with Crippen molar-refractivity contribution in [1.29, 1.82) is 0 Å². The van der Waals surface area contributed by atoms with E-state index in [1.165, 1.54) is 24.0 Å². The fraction of sp³-hybridized carbons (Fsp3) is 0.259. The van der Waals surface area contributed by atoms with Crippen molar-refractivity contribution in [3.05, 3.63) is 95.2 Å². The Labute approximate surface area is 207 Å². The first-order valence-electron chi connectivity index (χ1n) is 11.7. The lowest BCUT2D eigenvalue weighted by Gasteiger charge is -2.34. The number of para-hydroxylation sites is 1. The van der Waals surface area contributed by atoms with Crippen molar-refractivity contribution in [2.75, 3.05) is 50.7 Å². The predicted octanol–water partition coefficient (Wildman–Crippen LogP) is 4.19. The average Bonchev–Trinajstić information content (AvgIpc) is 3.26. The Morgan fingerprint density at radius 2 is 1.69 bits per heavy atom. The number of likely N-dealkylation sites (N-methyl/N-ethyl adjacent to an activating group) is 1. The number of fused-ring (bicyclic) bond motifs is 1. The number of piperazine rings is 1. The molecule has 0 bridgehead atoms. The zero-order valence-corrected chi connectivity index (χ0v) is 20.1. The lowest BCUT2D eigenvalue weighted by atomic mass is 10.00. The van der Waals surface area contributed by atoms with Gasteiger partial charge in [0, 0.05) is 50.4 Å². The van der Waals surface area contributed by atoms with E-state index in [9.17, 15) is 13.6 Å². The van der Waals surface area contributed by atoms with Gasteiger partial charge in [0.2, 0.25) is 0 Å². The Bertz CT molecular complexity index is 1380. The Morgan fingerprint density at radius 3 is 2.42 bits per heavy atom. The fourth-order valence-electron chi connectivity index (χ4n) is 4.64. The van der Waals surface area contributed by atoms with E-state index in [1.54, 1.807) is 18.3 Å². The van der Waals surface area contributed by atoms with Crippen LogP contribution in [0.15, 0.2) is 66.9 Å². The van der Waals surface area contributed by atoms with Crippen LogP contribution >= 0.6 is 0 Å². The number of hydrogen-bond donors (Lipinski definition) is 1. The first kappa shape index (κ1) is 23.9. The van der Waals surface area contributed by atoms with Gasteiger partial charge in [-0.1, -0.05) is 18.2 Å². The van der Waals surface area contributed by atoms with Gasteiger partial charge in [0.1, 0.15) is 17.7 Å². The van der Waals surface area contributed by atoms with Gasteiger partial charge in [-0.2, -0.15) is 9.89 Å². The summed E-state index contributed by atoms with van der Waals surface area (Å²) in [4.78, 5) is 19.2. The molecule has 1 aliphatic rings. The van der Waals surface area contributed by atoms with Crippen LogP contribution in [0.4, 0.5) is 14.5 Å². The quantitative estimate of drug-likeness (QED) is 0.438. The predicted molar refractivity (Wildman–Crippen MR) is 135 cm³/mol. The van der Waals surface area contributed by atoms with Crippen molar-refractivity contribution in [2.45, 2.75) is 6.10 Å². The summed E-state index contributed by atoms with van der Waals surface area (Å²) in [5.74, 6) is -1.59. The van der Waals surface area contributed by atoms with Gasteiger partial charge in [-0.3, -0.25) is 4.79 Å². The molecule has 1 saturated heterocycles. The van der Waals surface area contributed by atoms with Crippen LogP contribution in [0.2, 0.25) is 0 Å². The summed E-state index contributed by atoms with van der Waals surface area (Å²) in [6, 6.07) is 16.3. The molecule has 0 spiro atoms. The van der Waals surface area contributed by atoms with E-state index in [0.717, 1.165) is 43.3 Å². The van der Waals surface area contributed by atoms with Crippen LogP contribution in [0, 0.1) is 11.6 Å². The zero-order chi connectivity index (χ0) is 25.2. The van der Waals surface area contributed by atoms with Crippen LogP contribution in [0.25, 0.3) is 10.9 Å². The number of halogens is 2. The van der Waals surface area contributed by atoms with Crippen LogP contribution in [0.3, 0.4) is 0 Å². The molecule has 4 aromatic rings.